The molecular weight excluding hydrogens is 260 g/mol. The maximum Gasteiger partial charge on any atom is 0.259 e. The summed E-state index contributed by atoms with van der Waals surface area (Å²) >= 11 is 7.71. The second kappa shape index (κ2) is 5.42. The molecule has 0 aliphatic rings. The van der Waals surface area contributed by atoms with Crippen molar-refractivity contribution in [2.24, 2.45) is 0 Å². The van der Waals surface area contributed by atoms with E-state index >= 15 is 0 Å². The van der Waals surface area contributed by atoms with E-state index in [1.807, 2.05) is 0 Å². The van der Waals surface area contributed by atoms with Crippen LogP contribution in [0, 0.1) is 0 Å². The summed E-state index contributed by atoms with van der Waals surface area (Å²) in [7, 11) is 0. The van der Waals surface area contributed by atoms with E-state index in [0.717, 1.165) is 5.75 Å². The van der Waals surface area contributed by atoms with Crippen molar-refractivity contribution in [2.45, 2.75) is 12.7 Å². The molecule has 0 atom stereocenters. The Kier molecular flexibility index (Phi) is 3.91. The van der Waals surface area contributed by atoms with E-state index in [1.165, 1.54) is 12.1 Å². The summed E-state index contributed by atoms with van der Waals surface area (Å²) in [5.74, 6) is 2.78. The maximum atomic E-state index is 9.39. The van der Waals surface area contributed by atoms with Gasteiger partial charge in [-0.05, 0) is 24.0 Å². The topological polar surface area (TPSA) is 59.2 Å². The van der Waals surface area contributed by atoms with Crippen molar-refractivity contribution in [1.82, 2.24) is 10.1 Å². The lowest BCUT2D eigenvalue weighted by molar-refractivity contribution is 0.424. The smallest absolute Gasteiger partial charge is 0.259 e. The van der Waals surface area contributed by atoms with Gasteiger partial charge in [0.2, 0.25) is 0 Å². The van der Waals surface area contributed by atoms with Gasteiger partial charge in [0.15, 0.2) is 5.82 Å². The van der Waals surface area contributed by atoms with Crippen molar-refractivity contribution in [1.29, 1.82) is 0 Å². The van der Waals surface area contributed by atoms with Gasteiger partial charge < -0.3 is 9.63 Å². The normalized spacial score (nSPS) is 10.7. The molecule has 2 aromatic rings. The van der Waals surface area contributed by atoms with Gasteiger partial charge in [0.25, 0.3) is 5.89 Å². The lowest BCUT2D eigenvalue weighted by Gasteiger charge is -1.98. The molecule has 0 amide bonds. The Hall–Kier alpha value is -1.20. The number of nitrogens with zero attached hydrogens (tertiary/aromatic N) is 2. The zero-order valence-electron chi connectivity index (χ0n) is 9.18. The van der Waals surface area contributed by atoms with E-state index in [9.17, 15) is 5.11 Å². The summed E-state index contributed by atoms with van der Waals surface area (Å²) < 4.78 is 5.11. The van der Waals surface area contributed by atoms with Crippen LogP contribution in [0.25, 0.3) is 11.5 Å². The Morgan fingerprint density at radius 1 is 1.47 bits per heavy atom. The highest BCUT2D eigenvalue weighted by Crippen LogP contribution is 2.30. The van der Waals surface area contributed by atoms with Crippen molar-refractivity contribution < 1.29 is 9.63 Å². The third kappa shape index (κ3) is 2.92. The van der Waals surface area contributed by atoms with Crippen LogP contribution in [0.3, 0.4) is 0 Å². The van der Waals surface area contributed by atoms with E-state index in [2.05, 4.69) is 17.1 Å². The highest BCUT2D eigenvalue weighted by Gasteiger charge is 2.12. The first-order valence-electron chi connectivity index (χ1n) is 5.10. The van der Waals surface area contributed by atoms with Crippen LogP contribution in [-0.4, -0.2) is 21.0 Å². The molecule has 4 nitrogen and oxygen atoms in total. The molecule has 0 spiro atoms. The summed E-state index contributed by atoms with van der Waals surface area (Å²) in [4.78, 5) is 4.23. The minimum absolute atomic E-state index is 0.118. The predicted octanol–water partition coefficient (Wildman–Crippen LogP) is 3.35. The number of hydrogen-bond acceptors (Lipinski definition) is 5. The van der Waals surface area contributed by atoms with Crippen LogP contribution in [0.2, 0.25) is 5.02 Å². The molecule has 0 bridgehead atoms. The number of aromatic hydroxyl groups is 1. The molecule has 0 fully saturated rings. The van der Waals surface area contributed by atoms with Gasteiger partial charge in [-0.15, -0.1) is 0 Å². The van der Waals surface area contributed by atoms with Crippen LogP contribution >= 0.6 is 23.4 Å². The van der Waals surface area contributed by atoms with Gasteiger partial charge in [-0.1, -0.05) is 23.7 Å². The molecule has 0 saturated heterocycles. The predicted molar refractivity (Wildman–Crippen MR) is 68.2 cm³/mol. The number of phenols is 1. The number of thioether (sulfide) groups is 1. The molecule has 90 valence electrons. The zero-order valence-corrected chi connectivity index (χ0v) is 10.8. The third-order valence-electron chi connectivity index (χ3n) is 2.08. The quantitative estimate of drug-likeness (QED) is 0.923. The molecule has 0 aliphatic heterocycles. The Morgan fingerprint density at radius 3 is 3.06 bits per heavy atom. The fraction of sp³-hybridized carbons (Fsp3) is 0.273. The largest absolute Gasteiger partial charge is 0.508 e. The summed E-state index contributed by atoms with van der Waals surface area (Å²) in [5.41, 5.74) is 0.548. The molecule has 0 aliphatic carbocycles. The first-order chi connectivity index (χ1) is 8.20. The van der Waals surface area contributed by atoms with E-state index in [0.29, 0.717) is 28.1 Å². The summed E-state index contributed by atoms with van der Waals surface area (Å²) in [6.07, 6.45) is 0. The van der Waals surface area contributed by atoms with Gasteiger partial charge in [-0.25, -0.2) is 0 Å². The van der Waals surface area contributed by atoms with Crippen LogP contribution in [0.1, 0.15) is 12.7 Å². The lowest BCUT2D eigenvalue weighted by Crippen LogP contribution is -1.84. The minimum atomic E-state index is 0.118. The summed E-state index contributed by atoms with van der Waals surface area (Å²) in [6, 6.07) is 4.61. The average Bonchev–Trinajstić information content (AvgIpc) is 2.78. The molecule has 1 N–H and O–H groups in total. The number of aromatic nitrogens is 2. The average molecular weight is 271 g/mol. The lowest BCUT2D eigenvalue weighted by atomic mass is 10.2. The zero-order chi connectivity index (χ0) is 12.3. The van der Waals surface area contributed by atoms with Crippen molar-refractivity contribution >= 4 is 23.4 Å². The molecule has 1 aromatic carbocycles. The van der Waals surface area contributed by atoms with Crippen molar-refractivity contribution in [3.8, 4) is 17.2 Å². The molecule has 0 unspecified atom stereocenters. The minimum Gasteiger partial charge on any atom is -0.508 e. The van der Waals surface area contributed by atoms with Gasteiger partial charge in [-0.3, -0.25) is 0 Å². The molecule has 1 aromatic heterocycles. The second-order valence-electron chi connectivity index (χ2n) is 3.32. The number of phenolic OH excluding ortho intramolecular Hbond substituents is 1. The number of rotatable bonds is 4. The van der Waals surface area contributed by atoms with Gasteiger partial charge in [0.05, 0.1) is 16.3 Å². The monoisotopic (exact) mass is 270 g/mol. The molecule has 2 rings (SSSR count). The standard InChI is InChI=1S/C11H11ClN2O2S/c1-2-17-6-10-13-11(16-14-10)8-5-7(15)3-4-9(8)12/h3-5,15H,2,6H2,1H3. The third-order valence-corrected chi connectivity index (χ3v) is 3.28. The highest BCUT2D eigenvalue weighted by atomic mass is 35.5. The van der Waals surface area contributed by atoms with Crippen molar-refractivity contribution in [3.63, 3.8) is 0 Å². The Morgan fingerprint density at radius 2 is 2.29 bits per heavy atom. The number of hydrogen-bond donors (Lipinski definition) is 1. The Balaban J connectivity index is 2.27. The number of benzene rings is 1. The fourth-order valence-electron chi connectivity index (χ4n) is 1.29. The first-order valence-corrected chi connectivity index (χ1v) is 6.63. The summed E-state index contributed by atoms with van der Waals surface area (Å²) in [6.45, 7) is 2.07. The Bertz CT molecular complexity index is 516. The number of halogens is 1. The van der Waals surface area contributed by atoms with Gasteiger partial charge in [-0.2, -0.15) is 16.7 Å². The van der Waals surface area contributed by atoms with Gasteiger partial charge in [0.1, 0.15) is 5.75 Å². The van der Waals surface area contributed by atoms with E-state index < -0.39 is 0 Å². The second-order valence-corrected chi connectivity index (χ2v) is 5.00. The van der Waals surface area contributed by atoms with Crippen molar-refractivity contribution in [2.75, 3.05) is 5.75 Å². The van der Waals surface area contributed by atoms with Crippen LogP contribution in [-0.2, 0) is 5.75 Å². The maximum absolute atomic E-state index is 9.39. The fourth-order valence-corrected chi connectivity index (χ4v) is 1.99. The molecular formula is C11H11ClN2O2S. The SMILES string of the molecule is CCSCc1noc(-c2cc(O)ccc2Cl)n1. The van der Waals surface area contributed by atoms with Crippen LogP contribution in [0.15, 0.2) is 22.7 Å². The molecule has 0 saturated carbocycles. The molecule has 6 heteroatoms. The summed E-state index contributed by atoms with van der Waals surface area (Å²) in [5, 5.41) is 13.7. The molecule has 17 heavy (non-hydrogen) atoms. The highest BCUT2D eigenvalue weighted by molar-refractivity contribution is 7.98. The van der Waals surface area contributed by atoms with E-state index in [-0.39, 0.29) is 5.75 Å². The first kappa shape index (κ1) is 12.3. The van der Waals surface area contributed by atoms with Gasteiger partial charge in [0, 0.05) is 0 Å². The molecule has 1 heterocycles. The van der Waals surface area contributed by atoms with Crippen molar-refractivity contribution in [3.05, 3.63) is 29.0 Å². The van der Waals surface area contributed by atoms with E-state index in [1.54, 1.807) is 17.8 Å². The van der Waals surface area contributed by atoms with Crippen LogP contribution in [0.4, 0.5) is 0 Å². The van der Waals surface area contributed by atoms with Crippen LogP contribution in [0.5, 0.6) is 5.75 Å². The molecule has 0 radical (unpaired) electrons. The van der Waals surface area contributed by atoms with Crippen LogP contribution < -0.4 is 0 Å². The van der Waals surface area contributed by atoms with Gasteiger partial charge >= 0.3 is 0 Å². The Labute approximate surface area is 108 Å². The van der Waals surface area contributed by atoms with E-state index in [4.69, 9.17) is 16.1 Å².